The van der Waals surface area contributed by atoms with E-state index in [4.69, 9.17) is 4.74 Å². The number of nitrogens with one attached hydrogen (secondary N) is 1. The standard InChI is InChI=1S/C22H26N4O3/c1-22(2,3)29-21(28)19(25-23)18(15-9-7-6-8-10-15)24-20(27)16-11-13-17(14-12-16)26(4)5/h6-14,18H,1-5H3,(H,24,27)/t18-/m0/s1. The number of rotatable bonds is 6. The third-order valence-electron chi connectivity index (χ3n) is 4.04. The average Bonchev–Trinajstić information content (AvgIpc) is 2.67. The zero-order valence-electron chi connectivity index (χ0n) is 17.3. The molecule has 0 unspecified atom stereocenters. The van der Waals surface area contributed by atoms with Gasteiger partial charge < -0.3 is 20.5 Å². The van der Waals surface area contributed by atoms with Gasteiger partial charge in [0.15, 0.2) is 6.04 Å². The van der Waals surface area contributed by atoms with Crippen molar-refractivity contribution in [2.75, 3.05) is 19.0 Å². The minimum atomic E-state index is -0.975. The summed E-state index contributed by atoms with van der Waals surface area (Å²) in [7, 11) is 3.82. The molecule has 2 aromatic rings. The Morgan fingerprint density at radius 1 is 1.03 bits per heavy atom. The number of hydrogen-bond acceptors (Lipinski definition) is 4. The van der Waals surface area contributed by atoms with E-state index >= 15 is 0 Å². The number of anilines is 1. The lowest BCUT2D eigenvalue weighted by Crippen LogP contribution is -2.40. The highest BCUT2D eigenvalue weighted by Crippen LogP contribution is 2.19. The Kier molecular flexibility index (Phi) is 6.91. The Bertz CT molecular complexity index is 909. The first-order chi connectivity index (χ1) is 13.6. The smallest absolute Gasteiger partial charge is 0.420 e. The van der Waals surface area contributed by atoms with Crippen molar-refractivity contribution in [2.45, 2.75) is 32.4 Å². The van der Waals surface area contributed by atoms with E-state index in [9.17, 15) is 15.1 Å². The van der Waals surface area contributed by atoms with E-state index in [-0.39, 0.29) is 5.71 Å². The lowest BCUT2D eigenvalue weighted by Gasteiger charge is -2.20. The monoisotopic (exact) mass is 394 g/mol. The molecule has 0 aliphatic heterocycles. The second-order valence-electron chi connectivity index (χ2n) is 7.75. The highest BCUT2D eigenvalue weighted by atomic mass is 16.6. The molecule has 2 aromatic carbocycles. The Morgan fingerprint density at radius 2 is 1.62 bits per heavy atom. The number of benzene rings is 2. The van der Waals surface area contributed by atoms with Gasteiger partial charge in [-0.1, -0.05) is 30.3 Å². The zero-order chi connectivity index (χ0) is 21.6. The van der Waals surface area contributed by atoms with Crippen molar-refractivity contribution in [3.63, 3.8) is 0 Å². The lowest BCUT2D eigenvalue weighted by atomic mass is 10.0. The number of esters is 1. The number of hydrogen-bond donors (Lipinski definition) is 1. The molecule has 0 radical (unpaired) electrons. The van der Waals surface area contributed by atoms with Crippen molar-refractivity contribution in [1.29, 1.82) is 0 Å². The molecule has 1 atom stereocenters. The summed E-state index contributed by atoms with van der Waals surface area (Å²) in [6, 6.07) is 14.9. The molecular weight excluding hydrogens is 368 g/mol. The van der Waals surface area contributed by atoms with E-state index in [0.717, 1.165) is 5.69 Å². The van der Waals surface area contributed by atoms with Gasteiger partial charge >= 0.3 is 11.7 Å². The number of carbonyl (C=O) groups excluding carboxylic acids is 2. The molecule has 0 saturated heterocycles. The quantitative estimate of drug-likeness (QED) is 0.352. The van der Waals surface area contributed by atoms with E-state index in [1.807, 2.05) is 37.2 Å². The Balaban J connectivity index is 2.35. The molecule has 0 aliphatic carbocycles. The average molecular weight is 394 g/mol. The second kappa shape index (κ2) is 9.17. The van der Waals surface area contributed by atoms with Gasteiger partial charge in [-0.3, -0.25) is 4.79 Å². The van der Waals surface area contributed by atoms with Crippen molar-refractivity contribution >= 4 is 23.3 Å². The van der Waals surface area contributed by atoms with Crippen LogP contribution < -0.4 is 10.2 Å². The van der Waals surface area contributed by atoms with Crippen LogP contribution in [0.1, 0.15) is 42.7 Å². The fraction of sp³-hybridized carbons (Fsp3) is 0.318. The van der Waals surface area contributed by atoms with Gasteiger partial charge in [0, 0.05) is 25.3 Å². The molecule has 0 saturated carbocycles. The van der Waals surface area contributed by atoms with Crippen LogP contribution in [0.4, 0.5) is 5.69 Å². The SMILES string of the molecule is CN(C)c1ccc(C(=O)N[C@H](C(=[N+]=[N-])C(=O)OC(C)(C)C)c2ccccc2)cc1. The highest BCUT2D eigenvalue weighted by Gasteiger charge is 2.37. The van der Waals surface area contributed by atoms with Crippen LogP contribution in [0.2, 0.25) is 0 Å². The fourth-order valence-corrected chi connectivity index (χ4v) is 2.63. The molecule has 7 heteroatoms. The maximum atomic E-state index is 12.8. The maximum absolute atomic E-state index is 12.8. The van der Waals surface area contributed by atoms with Gasteiger partial charge in [-0.15, -0.1) is 0 Å². The van der Waals surface area contributed by atoms with Crippen LogP contribution in [-0.2, 0) is 9.53 Å². The first-order valence-electron chi connectivity index (χ1n) is 9.21. The summed E-state index contributed by atoms with van der Waals surface area (Å²) in [5.41, 5.74) is 10.4. The van der Waals surface area contributed by atoms with E-state index in [2.05, 4.69) is 10.1 Å². The van der Waals surface area contributed by atoms with E-state index in [0.29, 0.717) is 11.1 Å². The molecule has 0 heterocycles. The topological polar surface area (TPSA) is 95.0 Å². The Labute approximate surface area is 170 Å². The minimum absolute atomic E-state index is 0.301. The van der Waals surface area contributed by atoms with Crippen LogP contribution in [-0.4, -0.2) is 42.1 Å². The molecule has 0 bridgehead atoms. The molecular formula is C22H26N4O3. The summed E-state index contributed by atoms with van der Waals surface area (Å²) in [4.78, 5) is 30.5. The first-order valence-corrected chi connectivity index (χ1v) is 9.21. The summed E-state index contributed by atoms with van der Waals surface area (Å²) in [6.45, 7) is 5.13. The van der Waals surface area contributed by atoms with Crippen LogP contribution in [0.3, 0.4) is 0 Å². The molecule has 1 N–H and O–H groups in total. The highest BCUT2D eigenvalue weighted by molar-refractivity contribution is 6.36. The van der Waals surface area contributed by atoms with Crippen LogP contribution in [0.25, 0.3) is 5.53 Å². The lowest BCUT2D eigenvalue weighted by molar-refractivity contribution is -0.151. The van der Waals surface area contributed by atoms with Crippen molar-refractivity contribution in [2.24, 2.45) is 0 Å². The molecule has 29 heavy (non-hydrogen) atoms. The number of ether oxygens (including phenoxy) is 1. The Hall–Kier alpha value is -3.44. The summed E-state index contributed by atoms with van der Waals surface area (Å²) >= 11 is 0. The second-order valence-corrected chi connectivity index (χ2v) is 7.75. The summed E-state index contributed by atoms with van der Waals surface area (Å²) < 4.78 is 5.34. The molecule has 0 aromatic heterocycles. The van der Waals surface area contributed by atoms with Gasteiger partial charge in [0.25, 0.3) is 5.91 Å². The van der Waals surface area contributed by atoms with Gasteiger partial charge in [0.1, 0.15) is 5.60 Å². The van der Waals surface area contributed by atoms with E-state index < -0.39 is 23.5 Å². The fourth-order valence-electron chi connectivity index (χ4n) is 2.63. The predicted molar refractivity (Wildman–Crippen MR) is 112 cm³/mol. The summed E-state index contributed by atoms with van der Waals surface area (Å²) in [5.74, 6) is -1.22. The van der Waals surface area contributed by atoms with Crippen molar-refractivity contribution in [1.82, 2.24) is 5.32 Å². The van der Waals surface area contributed by atoms with Gasteiger partial charge in [-0.2, -0.15) is 4.79 Å². The molecule has 0 fully saturated rings. The predicted octanol–water partition coefficient (Wildman–Crippen LogP) is 3.24. The van der Waals surface area contributed by atoms with Gasteiger partial charge in [-0.05, 0) is 50.6 Å². The largest absolute Gasteiger partial charge is 0.451 e. The molecule has 1 amide bonds. The normalized spacial score (nSPS) is 11.8. The number of amides is 1. The third-order valence-corrected chi connectivity index (χ3v) is 4.04. The van der Waals surface area contributed by atoms with Gasteiger partial charge in [0.05, 0.1) is 0 Å². The van der Waals surface area contributed by atoms with Gasteiger partial charge in [-0.25, -0.2) is 4.79 Å². The summed E-state index contributed by atoms with van der Waals surface area (Å²) in [5, 5.41) is 2.77. The van der Waals surface area contributed by atoms with E-state index in [1.54, 1.807) is 57.2 Å². The van der Waals surface area contributed by atoms with Crippen LogP contribution >= 0.6 is 0 Å². The van der Waals surface area contributed by atoms with Crippen molar-refractivity contribution in [3.8, 4) is 0 Å². The van der Waals surface area contributed by atoms with Crippen LogP contribution in [0, 0.1) is 0 Å². The number of nitrogens with zero attached hydrogens (tertiary/aromatic N) is 3. The van der Waals surface area contributed by atoms with Gasteiger partial charge in [0.2, 0.25) is 0 Å². The maximum Gasteiger partial charge on any atom is 0.420 e. The molecule has 2 rings (SSSR count). The molecule has 0 spiro atoms. The van der Waals surface area contributed by atoms with Crippen molar-refractivity contribution in [3.05, 3.63) is 71.3 Å². The number of carbonyl (C=O) groups is 2. The third kappa shape index (κ3) is 6.02. The zero-order valence-corrected chi connectivity index (χ0v) is 17.3. The Morgan fingerprint density at radius 3 is 2.10 bits per heavy atom. The van der Waals surface area contributed by atoms with Crippen molar-refractivity contribution < 1.29 is 19.1 Å². The van der Waals surface area contributed by atoms with E-state index in [1.165, 1.54) is 0 Å². The minimum Gasteiger partial charge on any atom is -0.451 e. The molecule has 7 nitrogen and oxygen atoms in total. The molecule has 0 aliphatic rings. The van der Waals surface area contributed by atoms with Crippen LogP contribution in [0.5, 0.6) is 0 Å². The summed E-state index contributed by atoms with van der Waals surface area (Å²) in [6.07, 6.45) is 0. The first kappa shape index (κ1) is 21.9. The molecule has 152 valence electrons. The van der Waals surface area contributed by atoms with Crippen LogP contribution in [0.15, 0.2) is 54.6 Å².